The van der Waals surface area contributed by atoms with E-state index in [0.717, 1.165) is 55.7 Å². The topological polar surface area (TPSA) is 57.2 Å². The molecular formula is C18H21N5O. The van der Waals surface area contributed by atoms with Crippen LogP contribution in [0.3, 0.4) is 0 Å². The summed E-state index contributed by atoms with van der Waals surface area (Å²) in [5.74, 6) is 0.129. The number of carbonyl (C=O) groups excluding carboxylic acids is 1. The van der Waals surface area contributed by atoms with Crippen LogP contribution in [0.5, 0.6) is 0 Å². The van der Waals surface area contributed by atoms with Crippen LogP contribution in [0.2, 0.25) is 0 Å². The molecule has 24 heavy (non-hydrogen) atoms. The molecule has 3 aromatic rings. The fourth-order valence-electron chi connectivity index (χ4n) is 3.22. The molecule has 0 aliphatic carbocycles. The third kappa shape index (κ3) is 3.05. The number of aromatic amines is 1. The molecule has 1 fully saturated rings. The molecule has 0 saturated carbocycles. The molecule has 0 unspecified atom stereocenters. The van der Waals surface area contributed by atoms with Gasteiger partial charge in [0.25, 0.3) is 5.91 Å². The lowest BCUT2D eigenvalue weighted by Crippen LogP contribution is -2.49. The molecule has 0 spiro atoms. The van der Waals surface area contributed by atoms with E-state index in [1.807, 2.05) is 52.3 Å². The van der Waals surface area contributed by atoms with Gasteiger partial charge in [-0.2, -0.15) is 5.10 Å². The first-order valence-corrected chi connectivity index (χ1v) is 8.36. The lowest BCUT2D eigenvalue weighted by Gasteiger charge is -2.34. The highest BCUT2D eigenvalue weighted by Gasteiger charge is 2.22. The van der Waals surface area contributed by atoms with Gasteiger partial charge in [0, 0.05) is 67.8 Å². The lowest BCUT2D eigenvalue weighted by molar-refractivity contribution is 0.0632. The van der Waals surface area contributed by atoms with Crippen LogP contribution >= 0.6 is 0 Å². The Kier molecular flexibility index (Phi) is 4.04. The van der Waals surface area contributed by atoms with E-state index in [1.165, 1.54) is 0 Å². The van der Waals surface area contributed by atoms with Crippen LogP contribution < -0.4 is 0 Å². The van der Waals surface area contributed by atoms with Crippen molar-refractivity contribution in [2.75, 3.05) is 32.7 Å². The first-order chi connectivity index (χ1) is 11.8. The Morgan fingerprint density at radius 3 is 2.79 bits per heavy atom. The summed E-state index contributed by atoms with van der Waals surface area (Å²) in [5.41, 5.74) is 1.84. The zero-order valence-corrected chi connectivity index (χ0v) is 13.6. The summed E-state index contributed by atoms with van der Waals surface area (Å²) in [4.78, 5) is 20.2. The van der Waals surface area contributed by atoms with Crippen molar-refractivity contribution in [3.63, 3.8) is 0 Å². The van der Waals surface area contributed by atoms with Crippen molar-refractivity contribution >= 4 is 16.8 Å². The maximum atomic E-state index is 12.7. The molecular weight excluding hydrogens is 302 g/mol. The van der Waals surface area contributed by atoms with Crippen molar-refractivity contribution in [3.8, 4) is 0 Å². The number of aromatic nitrogens is 3. The SMILES string of the molecule is O=C(c1ccc2[nH]ccc2c1)N1CCN(CCn2cccn2)CC1. The van der Waals surface area contributed by atoms with Gasteiger partial charge >= 0.3 is 0 Å². The van der Waals surface area contributed by atoms with Crippen molar-refractivity contribution < 1.29 is 4.79 Å². The van der Waals surface area contributed by atoms with E-state index in [1.54, 1.807) is 6.20 Å². The average Bonchev–Trinajstić information content (AvgIpc) is 3.30. The number of nitrogens with zero attached hydrogens (tertiary/aromatic N) is 4. The third-order valence-electron chi connectivity index (χ3n) is 4.66. The number of fused-ring (bicyclic) bond motifs is 1. The molecule has 3 heterocycles. The van der Waals surface area contributed by atoms with Crippen LogP contribution in [-0.2, 0) is 6.54 Å². The van der Waals surface area contributed by atoms with Gasteiger partial charge in [-0.3, -0.25) is 14.4 Å². The number of carbonyl (C=O) groups is 1. The van der Waals surface area contributed by atoms with Crippen molar-refractivity contribution in [1.82, 2.24) is 24.6 Å². The molecule has 0 bridgehead atoms. The minimum absolute atomic E-state index is 0.129. The van der Waals surface area contributed by atoms with Gasteiger partial charge in [0.1, 0.15) is 0 Å². The number of nitrogens with one attached hydrogen (secondary N) is 1. The second-order valence-corrected chi connectivity index (χ2v) is 6.18. The summed E-state index contributed by atoms with van der Waals surface area (Å²) in [7, 11) is 0. The van der Waals surface area contributed by atoms with Gasteiger partial charge in [-0.25, -0.2) is 0 Å². The first-order valence-electron chi connectivity index (χ1n) is 8.36. The summed E-state index contributed by atoms with van der Waals surface area (Å²) in [5, 5.41) is 5.31. The third-order valence-corrected chi connectivity index (χ3v) is 4.66. The van der Waals surface area contributed by atoms with Crippen LogP contribution in [0, 0.1) is 0 Å². The summed E-state index contributed by atoms with van der Waals surface area (Å²) in [6.45, 7) is 5.26. The predicted molar refractivity (Wildman–Crippen MR) is 92.9 cm³/mol. The van der Waals surface area contributed by atoms with Gasteiger partial charge in [-0.1, -0.05) is 0 Å². The molecule has 1 aromatic carbocycles. The fraction of sp³-hybridized carbons (Fsp3) is 0.333. The number of hydrogen-bond donors (Lipinski definition) is 1. The summed E-state index contributed by atoms with van der Waals surface area (Å²) >= 11 is 0. The molecule has 1 amide bonds. The Bertz CT molecular complexity index is 815. The number of H-pyrrole nitrogens is 1. The fourth-order valence-corrected chi connectivity index (χ4v) is 3.22. The normalized spacial score (nSPS) is 15.9. The van der Waals surface area contributed by atoms with E-state index < -0.39 is 0 Å². The molecule has 6 nitrogen and oxygen atoms in total. The number of hydrogen-bond acceptors (Lipinski definition) is 3. The molecule has 1 N–H and O–H groups in total. The highest BCUT2D eigenvalue weighted by molar-refractivity contribution is 5.98. The molecule has 1 aliphatic rings. The van der Waals surface area contributed by atoms with E-state index in [2.05, 4.69) is 15.0 Å². The monoisotopic (exact) mass is 323 g/mol. The smallest absolute Gasteiger partial charge is 0.253 e. The maximum Gasteiger partial charge on any atom is 0.253 e. The Morgan fingerprint density at radius 2 is 2.00 bits per heavy atom. The number of rotatable bonds is 4. The molecule has 4 rings (SSSR count). The quantitative estimate of drug-likeness (QED) is 0.797. The molecule has 6 heteroatoms. The largest absolute Gasteiger partial charge is 0.361 e. The highest BCUT2D eigenvalue weighted by atomic mass is 16.2. The molecule has 124 valence electrons. The van der Waals surface area contributed by atoms with E-state index in [4.69, 9.17) is 0 Å². The zero-order chi connectivity index (χ0) is 16.4. The van der Waals surface area contributed by atoms with Crippen molar-refractivity contribution in [1.29, 1.82) is 0 Å². The van der Waals surface area contributed by atoms with Crippen molar-refractivity contribution in [3.05, 3.63) is 54.5 Å². The van der Waals surface area contributed by atoms with E-state index in [0.29, 0.717) is 0 Å². The van der Waals surface area contributed by atoms with Gasteiger partial charge in [0.05, 0.1) is 6.54 Å². The first kappa shape index (κ1) is 15.0. The van der Waals surface area contributed by atoms with Crippen molar-refractivity contribution in [2.45, 2.75) is 6.54 Å². The standard InChI is InChI=1S/C18H21N5O/c24-18(16-2-3-17-15(14-16)4-6-19-17)22-11-8-21(9-12-22)10-13-23-7-1-5-20-23/h1-7,14,19H,8-13H2. The molecule has 1 aliphatic heterocycles. The number of piperazine rings is 1. The van der Waals surface area contributed by atoms with Crippen LogP contribution in [0.15, 0.2) is 48.9 Å². The van der Waals surface area contributed by atoms with Gasteiger partial charge in [-0.05, 0) is 30.3 Å². The van der Waals surface area contributed by atoms with Gasteiger partial charge in [0.2, 0.25) is 0 Å². The Hall–Kier alpha value is -2.60. The summed E-state index contributed by atoms with van der Waals surface area (Å²) < 4.78 is 1.95. The predicted octanol–water partition coefficient (Wildman–Crippen LogP) is 1.82. The zero-order valence-electron chi connectivity index (χ0n) is 13.6. The summed E-state index contributed by atoms with van der Waals surface area (Å²) in [6, 6.07) is 9.80. The van der Waals surface area contributed by atoms with Crippen LogP contribution in [0.4, 0.5) is 0 Å². The minimum atomic E-state index is 0.129. The lowest BCUT2D eigenvalue weighted by atomic mass is 10.1. The van der Waals surface area contributed by atoms with Crippen LogP contribution in [-0.4, -0.2) is 63.2 Å². The average molecular weight is 323 g/mol. The second-order valence-electron chi connectivity index (χ2n) is 6.18. The highest BCUT2D eigenvalue weighted by Crippen LogP contribution is 2.16. The van der Waals surface area contributed by atoms with E-state index in [-0.39, 0.29) is 5.91 Å². The van der Waals surface area contributed by atoms with Crippen LogP contribution in [0.25, 0.3) is 10.9 Å². The molecule has 2 aromatic heterocycles. The maximum absolute atomic E-state index is 12.7. The number of amides is 1. The molecule has 0 atom stereocenters. The Labute approximate surface area is 140 Å². The van der Waals surface area contributed by atoms with E-state index in [9.17, 15) is 4.79 Å². The van der Waals surface area contributed by atoms with Gasteiger partial charge < -0.3 is 9.88 Å². The van der Waals surface area contributed by atoms with Crippen molar-refractivity contribution in [2.24, 2.45) is 0 Å². The second kappa shape index (κ2) is 6.49. The number of benzene rings is 1. The summed E-state index contributed by atoms with van der Waals surface area (Å²) in [6.07, 6.45) is 5.69. The van der Waals surface area contributed by atoms with Gasteiger partial charge in [0.15, 0.2) is 0 Å². The Morgan fingerprint density at radius 1 is 1.12 bits per heavy atom. The Balaban J connectivity index is 1.33. The van der Waals surface area contributed by atoms with Crippen LogP contribution in [0.1, 0.15) is 10.4 Å². The molecule has 1 saturated heterocycles. The molecule has 0 radical (unpaired) electrons. The minimum Gasteiger partial charge on any atom is -0.361 e. The van der Waals surface area contributed by atoms with Gasteiger partial charge in [-0.15, -0.1) is 0 Å². The van der Waals surface area contributed by atoms with E-state index >= 15 is 0 Å².